The number of carbonyl (C=O) groups is 1. The van der Waals surface area contributed by atoms with Crippen molar-refractivity contribution in [2.45, 2.75) is 16.8 Å². The minimum Gasteiger partial charge on any atom is -0.497 e. The molecule has 0 aliphatic rings. The first-order valence-corrected chi connectivity index (χ1v) is 10.1. The molecular weight excluding hydrogens is 384 g/mol. The molecule has 3 rings (SSSR count). The Balaban J connectivity index is 1.72. The zero-order chi connectivity index (χ0) is 19.1. The van der Waals surface area contributed by atoms with Crippen molar-refractivity contribution in [1.29, 1.82) is 0 Å². The number of nitrogens with zero attached hydrogens (tertiary/aromatic N) is 2. The van der Waals surface area contributed by atoms with E-state index in [1.807, 2.05) is 41.8 Å². The molecule has 2 heterocycles. The van der Waals surface area contributed by atoms with Crippen molar-refractivity contribution in [2.75, 3.05) is 20.3 Å². The number of hydrogen-bond acceptors (Lipinski definition) is 7. The maximum Gasteiger partial charge on any atom is 0.221 e. The number of rotatable bonds is 9. The summed E-state index contributed by atoms with van der Waals surface area (Å²) in [7, 11) is 1.62. The van der Waals surface area contributed by atoms with E-state index in [2.05, 4.69) is 20.5 Å². The van der Waals surface area contributed by atoms with Crippen molar-refractivity contribution in [3.8, 4) is 17.1 Å². The number of amides is 1. The third-order valence-electron chi connectivity index (χ3n) is 3.74. The average molecular weight is 405 g/mol. The van der Waals surface area contributed by atoms with Crippen LogP contribution in [0.4, 0.5) is 0 Å². The summed E-state index contributed by atoms with van der Waals surface area (Å²) < 4.78 is 5.17. The number of aliphatic hydroxyl groups is 1. The van der Waals surface area contributed by atoms with Gasteiger partial charge in [0.1, 0.15) is 5.75 Å². The van der Waals surface area contributed by atoms with Gasteiger partial charge in [0.2, 0.25) is 11.1 Å². The molecule has 1 aromatic carbocycles. The largest absolute Gasteiger partial charge is 0.497 e. The topological polar surface area (TPSA) is 100 Å². The summed E-state index contributed by atoms with van der Waals surface area (Å²) in [6.07, 6.45) is 0.289. The quantitative estimate of drug-likeness (QED) is 0.474. The molecule has 3 N–H and O–H groups in total. The summed E-state index contributed by atoms with van der Waals surface area (Å²) in [6, 6.07) is 11.5. The number of nitrogens with one attached hydrogen (secondary N) is 2. The van der Waals surface area contributed by atoms with Crippen LogP contribution in [-0.2, 0) is 4.79 Å². The molecule has 1 amide bonds. The van der Waals surface area contributed by atoms with Crippen LogP contribution in [0.5, 0.6) is 5.75 Å². The maximum atomic E-state index is 12.1. The molecule has 0 aliphatic heterocycles. The van der Waals surface area contributed by atoms with Gasteiger partial charge in [-0.15, -0.1) is 16.4 Å². The SMILES string of the molecule is COc1ccc(-c2nc(S[C@H](CC(=O)NCCO)c3cccs3)n[nH]2)cc1. The van der Waals surface area contributed by atoms with Gasteiger partial charge in [0.25, 0.3) is 0 Å². The van der Waals surface area contributed by atoms with E-state index < -0.39 is 0 Å². The van der Waals surface area contributed by atoms with Gasteiger partial charge in [-0.25, -0.2) is 4.98 Å². The van der Waals surface area contributed by atoms with Crippen LogP contribution < -0.4 is 10.1 Å². The minimum absolute atomic E-state index is 0.0747. The molecule has 0 bridgehead atoms. The van der Waals surface area contributed by atoms with Crippen molar-refractivity contribution < 1.29 is 14.6 Å². The number of thiophene rings is 1. The molecule has 27 heavy (non-hydrogen) atoms. The number of hydrogen-bond donors (Lipinski definition) is 3. The summed E-state index contributed by atoms with van der Waals surface area (Å²) in [5.41, 5.74) is 0.906. The average Bonchev–Trinajstić information content (AvgIpc) is 3.38. The standard InChI is InChI=1S/C18H20N4O3S2/c1-25-13-6-4-12(5-7-13)17-20-18(22-21-17)27-15(14-3-2-10-26-14)11-16(24)19-8-9-23/h2-7,10,15,23H,8-9,11H2,1H3,(H,19,24)(H,20,21,22)/t15-/m1/s1. The van der Waals surface area contributed by atoms with Gasteiger partial charge in [-0.2, -0.15) is 0 Å². The Kier molecular flexibility index (Phi) is 6.86. The molecule has 0 radical (unpaired) electrons. The molecule has 0 saturated heterocycles. The number of H-pyrrole nitrogens is 1. The van der Waals surface area contributed by atoms with E-state index in [-0.39, 0.29) is 30.7 Å². The highest BCUT2D eigenvalue weighted by Crippen LogP contribution is 2.38. The fraction of sp³-hybridized carbons (Fsp3) is 0.278. The summed E-state index contributed by atoms with van der Waals surface area (Å²) >= 11 is 3.03. The van der Waals surface area contributed by atoms with Gasteiger partial charge in [-0.05, 0) is 35.7 Å². The van der Waals surface area contributed by atoms with Crippen molar-refractivity contribution in [1.82, 2.24) is 20.5 Å². The van der Waals surface area contributed by atoms with Gasteiger partial charge >= 0.3 is 0 Å². The van der Waals surface area contributed by atoms with Crippen molar-refractivity contribution in [3.63, 3.8) is 0 Å². The van der Waals surface area contributed by atoms with Crippen LogP contribution in [-0.4, -0.2) is 46.5 Å². The van der Waals surface area contributed by atoms with Gasteiger partial charge in [0.15, 0.2) is 5.82 Å². The van der Waals surface area contributed by atoms with Crippen molar-refractivity contribution >= 4 is 29.0 Å². The highest BCUT2D eigenvalue weighted by Gasteiger charge is 2.21. The number of aromatic nitrogens is 3. The summed E-state index contributed by atoms with van der Waals surface area (Å²) in [5, 5.41) is 21.2. The predicted octanol–water partition coefficient (Wildman–Crippen LogP) is 2.87. The second-order valence-corrected chi connectivity index (χ2v) is 7.74. The van der Waals surface area contributed by atoms with E-state index in [4.69, 9.17) is 9.84 Å². The normalized spacial score (nSPS) is 11.9. The number of carbonyl (C=O) groups excluding carboxylic acids is 1. The fourth-order valence-corrected chi connectivity index (χ4v) is 4.36. The molecule has 3 aromatic rings. The Morgan fingerprint density at radius 1 is 1.37 bits per heavy atom. The number of benzene rings is 1. The first-order valence-electron chi connectivity index (χ1n) is 8.34. The zero-order valence-corrected chi connectivity index (χ0v) is 16.3. The molecule has 0 unspecified atom stereocenters. The van der Waals surface area contributed by atoms with E-state index in [1.54, 1.807) is 18.4 Å². The first-order chi connectivity index (χ1) is 13.2. The van der Waals surface area contributed by atoms with Crippen LogP contribution in [0.15, 0.2) is 46.9 Å². The van der Waals surface area contributed by atoms with Crippen molar-refractivity contribution in [3.05, 3.63) is 46.7 Å². The van der Waals surface area contributed by atoms with E-state index in [9.17, 15) is 4.79 Å². The lowest BCUT2D eigenvalue weighted by Gasteiger charge is -2.12. The molecule has 0 fully saturated rings. The lowest BCUT2D eigenvalue weighted by atomic mass is 10.2. The van der Waals surface area contributed by atoms with Crippen molar-refractivity contribution in [2.24, 2.45) is 0 Å². The second kappa shape index (κ2) is 9.54. The molecule has 0 spiro atoms. The Bertz CT molecular complexity index is 850. The number of ether oxygens (including phenoxy) is 1. The van der Waals surface area contributed by atoms with Gasteiger partial charge in [-0.1, -0.05) is 17.8 Å². The van der Waals surface area contributed by atoms with E-state index in [0.717, 1.165) is 16.2 Å². The van der Waals surface area contributed by atoms with Gasteiger partial charge in [-0.3, -0.25) is 9.89 Å². The number of aliphatic hydroxyl groups excluding tert-OH is 1. The fourth-order valence-electron chi connectivity index (χ4n) is 2.42. The second-order valence-electron chi connectivity index (χ2n) is 5.59. The predicted molar refractivity (Wildman–Crippen MR) is 106 cm³/mol. The Labute approximate surface area is 165 Å². The van der Waals surface area contributed by atoms with E-state index in [1.165, 1.54) is 11.8 Å². The van der Waals surface area contributed by atoms with E-state index in [0.29, 0.717) is 11.0 Å². The summed E-state index contributed by atoms with van der Waals surface area (Å²) in [5.74, 6) is 1.33. The van der Waals surface area contributed by atoms with Crippen LogP contribution in [0.25, 0.3) is 11.4 Å². The van der Waals surface area contributed by atoms with Crippen LogP contribution in [0.3, 0.4) is 0 Å². The summed E-state index contributed by atoms with van der Waals surface area (Å²) in [4.78, 5) is 17.7. The highest BCUT2D eigenvalue weighted by atomic mass is 32.2. The summed E-state index contributed by atoms with van der Waals surface area (Å²) in [6.45, 7) is 0.178. The van der Waals surface area contributed by atoms with Crippen LogP contribution >= 0.6 is 23.1 Å². The first kappa shape index (κ1) is 19.4. The van der Waals surface area contributed by atoms with Crippen LogP contribution in [0.1, 0.15) is 16.5 Å². The molecular formula is C18H20N4O3S2. The third kappa shape index (κ3) is 5.31. The van der Waals surface area contributed by atoms with Gasteiger partial charge in [0.05, 0.1) is 19.0 Å². The molecule has 0 aliphatic carbocycles. The van der Waals surface area contributed by atoms with Gasteiger partial charge in [0, 0.05) is 23.4 Å². The Hall–Kier alpha value is -2.36. The number of methoxy groups -OCH3 is 1. The number of thioether (sulfide) groups is 1. The molecule has 1 atom stereocenters. The van der Waals surface area contributed by atoms with Crippen LogP contribution in [0, 0.1) is 0 Å². The van der Waals surface area contributed by atoms with E-state index >= 15 is 0 Å². The zero-order valence-electron chi connectivity index (χ0n) is 14.7. The monoisotopic (exact) mass is 404 g/mol. The number of aromatic amines is 1. The van der Waals surface area contributed by atoms with Gasteiger partial charge < -0.3 is 15.2 Å². The lowest BCUT2D eigenvalue weighted by Crippen LogP contribution is -2.27. The molecule has 9 heteroatoms. The Morgan fingerprint density at radius 3 is 2.85 bits per heavy atom. The lowest BCUT2D eigenvalue weighted by molar-refractivity contribution is -0.121. The van der Waals surface area contributed by atoms with Crippen LogP contribution in [0.2, 0.25) is 0 Å². The highest BCUT2D eigenvalue weighted by molar-refractivity contribution is 7.99. The smallest absolute Gasteiger partial charge is 0.221 e. The Morgan fingerprint density at radius 2 is 2.19 bits per heavy atom. The molecule has 0 saturated carbocycles. The maximum absolute atomic E-state index is 12.1. The molecule has 7 nitrogen and oxygen atoms in total. The third-order valence-corrected chi connectivity index (χ3v) is 5.97. The molecule has 2 aromatic heterocycles. The minimum atomic E-state index is -0.110. The molecule has 142 valence electrons.